The fourth-order valence-corrected chi connectivity index (χ4v) is 3.04. The lowest BCUT2D eigenvalue weighted by atomic mass is 9.93. The van der Waals surface area contributed by atoms with E-state index in [-0.39, 0.29) is 18.3 Å². The van der Waals surface area contributed by atoms with Crippen LogP contribution >= 0.6 is 0 Å². The molecule has 1 N–H and O–H groups in total. The minimum Gasteiger partial charge on any atom is -0.487 e. The Balaban J connectivity index is 1.63. The van der Waals surface area contributed by atoms with E-state index < -0.39 is 5.60 Å². The number of ketones is 1. The largest absolute Gasteiger partial charge is 0.487 e. The van der Waals surface area contributed by atoms with Crippen molar-refractivity contribution >= 4 is 17.4 Å². The van der Waals surface area contributed by atoms with Crippen molar-refractivity contribution in [2.24, 2.45) is 0 Å². The molecule has 0 aromatic heterocycles. The molecule has 142 valence electrons. The molecule has 1 heterocycles. The molecule has 1 aliphatic heterocycles. The van der Waals surface area contributed by atoms with Crippen LogP contribution < -0.4 is 14.8 Å². The molecule has 3 rings (SSSR count). The van der Waals surface area contributed by atoms with E-state index in [1.165, 1.54) is 0 Å². The molecule has 2 aromatic carbocycles. The summed E-state index contributed by atoms with van der Waals surface area (Å²) in [5, 5.41) is 2.77. The molecule has 0 aliphatic carbocycles. The summed E-state index contributed by atoms with van der Waals surface area (Å²) in [6.45, 7) is 7.88. The molecule has 0 saturated heterocycles. The molecule has 1 amide bonds. The summed E-state index contributed by atoms with van der Waals surface area (Å²) in [4.78, 5) is 24.5. The molecule has 0 fully saturated rings. The van der Waals surface area contributed by atoms with Gasteiger partial charge in [0.15, 0.2) is 12.4 Å². The zero-order chi connectivity index (χ0) is 19.6. The van der Waals surface area contributed by atoms with Gasteiger partial charge in [0.05, 0.1) is 12.0 Å². The predicted octanol–water partition coefficient (Wildman–Crippen LogP) is 4.57. The lowest BCUT2D eigenvalue weighted by Crippen LogP contribution is -2.35. The van der Waals surface area contributed by atoms with E-state index in [9.17, 15) is 9.59 Å². The minimum atomic E-state index is -0.507. The van der Waals surface area contributed by atoms with E-state index in [2.05, 4.69) is 19.2 Å². The maximum absolute atomic E-state index is 12.3. The maximum atomic E-state index is 12.3. The van der Waals surface area contributed by atoms with Gasteiger partial charge in [-0.25, -0.2) is 0 Å². The molecular weight excluding hydrogens is 342 g/mol. The average molecular weight is 367 g/mol. The number of fused-ring (bicyclic) bond motifs is 1. The molecule has 0 radical (unpaired) electrons. The van der Waals surface area contributed by atoms with Gasteiger partial charge in [0.1, 0.15) is 17.1 Å². The summed E-state index contributed by atoms with van der Waals surface area (Å²) in [7, 11) is 0. The highest BCUT2D eigenvalue weighted by atomic mass is 16.5. The average Bonchev–Trinajstić information content (AvgIpc) is 2.60. The van der Waals surface area contributed by atoms with E-state index in [1.54, 1.807) is 18.2 Å². The van der Waals surface area contributed by atoms with Crippen molar-refractivity contribution in [1.29, 1.82) is 0 Å². The maximum Gasteiger partial charge on any atom is 0.262 e. The summed E-state index contributed by atoms with van der Waals surface area (Å²) in [5.41, 5.74) is 1.70. The Morgan fingerprint density at radius 3 is 2.74 bits per heavy atom. The van der Waals surface area contributed by atoms with Gasteiger partial charge in [0.25, 0.3) is 5.91 Å². The van der Waals surface area contributed by atoms with Crippen LogP contribution in [0.4, 0.5) is 5.69 Å². The fraction of sp³-hybridized carbons (Fsp3) is 0.364. The number of benzene rings is 2. The van der Waals surface area contributed by atoms with Gasteiger partial charge < -0.3 is 14.8 Å². The van der Waals surface area contributed by atoms with Crippen LogP contribution in [0.1, 0.15) is 56.0 Å². The second-order valence-corrected chi connectivity index (χ2v) is 7.74. The first kappa shape index (κ1) is 19.0. The van der Waals surface area contributed by atoms with E-state index in [0.717, 1.165) is 5.56 Å². The SMILES string of the molecule is CC(C)c1cccc(OCC(=O)Nc2ccc3c(c2)C(=O)CC(C)(C)O3)c1. The van der Waals surface area contributed by atoms with Crippen LogP contribution in [0.5, 0.6) is 11.5 Å². The van der Waals surface area contributed by atoms with Crippen LogP contribution in [0.25, 0.3) is 0 Å². The van der Waals surface area contributed by atoms with E-state index in [0.29, 0.717) is 35.1 Å². The molecule has 0 atom stereocenters. The molecule has 5 nitrogen and oxygen atoms in total. The lowest BCUT2D eigenvalue weighted by Gasteiger charge is -2.31. The first-order chi connectivity index (χ1) is 12.7. The highest BCUT2D eigenvalue weighted by Crippen LogP contribution is 2.34. The molecule has 0 spiro atoms. The smallest absolute Gasteiger partial charge is 0.262 e. The number of nitrogens with one attached hydrogen (secondary N) is 1. The third-order valence-corrected chi connectivity index (χ3v) is 4.43. The Morgan fingerprint density at radius 1 is 1.22 bits per heavy atom. The number of carbonyl (C=O) groups is 2. The predicted molar refractivity (Wildman–Crippen MR) is 105 cm³/mol. The number of hydrogen-bond donors (Lipinski definition) is 1. The molecule has 1 aliphatic rings. The third kappa shape index (κ3) is 4.67. The van der Waals surface area contributed by atoms with Crippen molar-refractivity contribution < 1.29 is 19.1 Å². The van der Waals surface area contributed by atoms with E-state index >= 15 is 0 Å². The number of amides is 1. The van der Waals surface area contributed by atoms with E-state index in [1.807, 2.05) is 38.1 Å². The number of hydrogen-bond acceptors (Lipinski definition) is 4. The van der Waals surface area contributed by atoms with Gasteiger partial charge in [-0.15, -0.1) is 0 Å². The van der Waals surface area contributed by atoms with Crippen molar-refractivity contribution in [2.45, 2.75) is 45.6 Å². The van der Waals surface area contributed by atoms with Crippen LogP contribution in [0.2, 0.25) is 0 Å². The van der Waals surface area contributed by atoms with Gasteiger partial charge in [0.2, 0.25) is 0 Å². The van der Waals surface area contributed by atoms with E-state index in [4.69, 9.17) is 9.47 Å². The monoisotopic (exact) mass is 367 g/mol. The van der Waals surface area contributed by atoms with Gasteiger partial charge in [-0.05, 0) is 55.7 Å². The number of Topliss-reactive ketones (excluding diaryl/α,β-unsaturated/α-hetero) is 1. The first-order valence-electron chi connectivity index (χ1n) is 9.12. The highest BCUT2D eigenvalue weighted by molar-refractivity contribution is 6.02. The van der Waals surface area contributed by atoms with Crippen molar-refractivity contribution in [3.05, 3.63) is 53.6 Å². The van der Waals surface area contributed by atoms with Crippen LogP contribution in [0.3, 0.4) is 0 Å². The van der Waals surface area contributed by atoms with Crippen LogP contribution in [-0.4, -0.2) is 23.9 Å². The Labute approximate surface area is 159 Å². The fourth-order valence-electron chi connectivity index (χ4n) is 3.04. The molecule has 5 heteroatoms. The second kappa shape index (κ2) is 7.43. The second-order valence-electron chi connectivity index (χ2n) is 7.74. The van der Waals surface area contributed by atoms with Crippen molar-refractivity contribution in [2.75, 3.05) is 11.9 Å². The lowest BCUT2D eigenvalue weighted by molar-refractivity contribution is -0.118. The first-order valence-corrected chi connectivity index (χ1v) is 9.12. The molecule has 0 bridgehead atoms. The van der Waals surface area contributed by atoms with Gasteiger partial charge >= 0.3 is 0 Å². The summed E-state index contributed by atoms with van der Waals surface area (Å²) in [5.74, 6) is 1.33. The number of ether oxygens (including phenoxy) is 2. The van der Waals surface area contributed by atoms with Gasteiger partial charge in [0, 0.05) is 5.69 Å². The van der Waals surface area contributed by atoms with Crippen molar-refractivity contribution in [3.63, 3.8) is 0 Å². The Morgan fingerprint density at radius 2 is 2.00 bits per heavy atom. The summed E-state index contributed by atoms with van der Waals surface area (Å²) in [6.07, 6.45) is 0.312. The molecular formula is C22H25NO4. The summed E-state index contributed by atoms with van der Waals surface area (Å²) < 4.78 is 11.4. The minimum absolute atomic E-state index is 0.0131. The number of anilines is 1. The standard InChI is InChI=1S/C22H25NO4/c1-14(2)15-6-5-7-17(10-15)26-13-21(25)23-16-8-9-20-18(11-16)19(24)12-22(3,4)27-20/h5-11,14H,12-13H2,1-4H3,(H,23,25). The third-order valence-electron chi connectivity index (χ3n) is 4.43. The van der Waals surface area contributed by atoms with Gasteiger partial charge in [-0.1, -0.05) is 26.0 Å². The number of carbonyl (C=O) groups excluding carboxylic acids is 2. The normalized spacial score (nSPS) is 15.1. The van der Waals surface area contributed by atoms with Crippen LogP contribution in [0.15, 0.2) is 42.5 Å². The molecule has 0 unspecified atom stereocenters. The van der Waals surface area contributed by atoms with Crippen LogP contribution in [0, 0.1) is 0 Å². The van der Waals surface area contributed by atoms with Crippen LogP contribution in [-0.2, 0) is 4.79 Å². The zero-order valence-electron chi connectivity index (χ0n) is 16.2. The molecule has 0 saturated carbocycles. The van der Waals surface area contributed by atoms with Gasteiger partial charge in [-0.3, -0.25) is 9.59 Å². The molecule has 27 heavy (non-hydrogen) atoms. The summed E-state index contributed by atoms with van der Waals surface area (Å²) >= 11 is 0. The number of rotatable bonds is 5. The van der Waals surface area contributed by atoms with Crippen molar-refractivity contribution in [3.8, 4) is 11.5 Å². The Hall–Kier alpha value is -2.82. The molecule has 2 aromatic rings. The summed E-state index contributed by atoms with van der Waals surface area (Å²) in [6, 6.07) is 12.8. The topological polar surface area (TPSA) is 64.6 Å². The zero-order valence-corrected chi connectivity index (χ0v) is 16.2. The Bertz CT molecular complexity index is 870. The quantitative estimate of drug-likeness (QED) is 0.841. The Kier molecular flexibility index (Phi) is 5.22. The highest BCUT2D eigenvalue weighted by Gasteiger charge is 2.32. The van der Waals surface area contributed by atoms with Gasteiger partial charge in [-0.2, -0.15) is 0 Å². The van der Waals surface area contributed by atoms with Crippen molar-refractivity contribution in [1.82, 2.24) is 0 Å².